The van der Waals surface area contributed by atoms with Gasteiger partial charge in [0, 0.05) is 6.04 Å². The van der Waals surface area contributed by atoms with E-state index in [1.807, 2.05) is 7.05 Å². The third-order valence-corrected chi connectivity index (χ3v) is 1.88. The van der Waals surface area contributed by atoms with E-state index < -0.39 is 0 Å². The minimum absolute atomic E-state index is 0.502. The van der Waals surface area contributed by atoms with Crippen LogP contribution in [0, 0.1) is 5.92 Å². The van der Waals surface area contributed by atoms with E-state index in [2.05, 4.69) is 39.1 Å². The Bertz CT molecular complexity index is 114. The Balaban J connectivity index is 3.89. The summed E-state index contributed by atoms with van der Waals surface area (Å²) in [5.41, 5.74) is 1.46. The number of likely N-dealkylation sites (N-methyl/N-ethyl adjacent to an activating group) is 1. The summed E-state index contributed by atoms with van der Waals surface area (Å²) in [6, 6.07) is 0.502. The molecule has 0 amide bonds. The van der Waals surface area contributed by atoms with Gasteiger partial charge in [-0.15, -0.1) is 0 Å². The maximum absolute atomic E-state index is 3.17. The predicted octanol–water partition coefficient (Wildman–Crippen LogP) is 2.20. The van der Waals surface area contributed by atoms with E-state index in [1.54, 1.807) is 0 Å². The molecule has 0 saturated carbocycles. The molecule has 0 aliphatic carbocycles. The smallest absolute Gasteiger partial charge is 0.0221 e. The van der Waals surface area contributed by atoms with Gasteiger partial charge < -0.3 is 5.32 Å². The summed E-state index contributed by atoms with van der Waals surface area (Å²) in [7, 11) is 1.98. The van der Waals surface area contributed by atoms with E-state index in [-0.39, 0.29) is 0 Å². The lowest BCUT2D eigenvalue weighted by molar-refractivity contribution is 0.695. The zero-order chi connectivity index (χ0) is 8.15. The van der Waals surface area contributed by atoms with Gasteiger partial charge in [-0.3, -0.25) is 0 Å². The molecule has 0 aromatic rings. The Morgan fingerprint density at radius 1 is 1.30 bits per heavy atom. The van der Waals surface area contributed by atoms with E-state index in [4.69, 9.17) is 0 Å². The third kappa shape index (κ3) is 3.67. The predicted molar refractivity (Wildman–Crippen MR) is 47.1 cm³/mol. The SMILES string of the molecule is CNC(C)/C=C(/C)C(C)C. The monoisotopic (exact) mass is 141 g/mol. The van der Waals surface area contributed by atoms with Gasteiger partial charge >= 0.3 is 0 Å². The first-order chi connectivity index (χ1) is 4.57. The molecule has 0 heterocycles. The van der Waals surface area contributed by atoms with Crippen LogP contribution in [0.3, 0.4) is 0 Å². The molecular weight excluding hydrogens is 122 g/mol. The van der Waals surface area contributed by atoms with Crippen LogP contribution in [0.4, 0.5) is 0 Å². The van der Waals surface area contributed by atoms with Crippen molar-refractivity contribution in [1.29, 1.82) is 0 Å². The number of hydrogen-bond donors (Lipinski definition) is 1. The van der Waals surface area contributed by atoms with Gasteiger partial charge in [0.15, 0.2) is 0 Å². The second kappa shape index (κ2) is 4.51. The molecule has 1 nitrogen and oxygen atoms in total. The van der Waals surface area contributed by atoms with E-state index in [0.29, 0.717) is 12.0 Å². The topological polar surface area (TPSA) is 12.0 Å². The molecular formula is C9H19N. The summed E-state index contributed by atoms with van der Waals surface area (Å²) < 4.78 is 0. The fraction of sp³-hybridized carbons (Fsp3) is 0.778. The van der Waals surface area contributed by atoms with Crippen LogP contribution >= 0.6 is 0 Å². The van der Waals surface area contributed by atoms with Crippen molar-refractivity contribution in [2.75, 3.05) is 7.05 Å². The van der Waals surface area contributed by atoms with Crippen molar-refractivity contribution in [2.45, 2.75) is 33.7 Å². The molecule has 0 saturated heterocycles. The van der Waals surface area contributed by atoms with Crippen molar-refractivity contribution >= 4 is 0 Å². The molecule has 0 rings (SSSR count). The molecule has 1 atom stereocenters. The maximum Gasteiger partial charge on any atom is 0.0221 e. The fourth-order valence-corrected chi connectivity index (χ4v) is 0.670. The van der Waals surface area contributed by atoms with Gasteiger partial charge in [-0.25, -0.2) is 0 Å². The Morgan fingerprint density at radius 2 is 1.80 bits per heavy atom. The molecule has 0 aliphatic heterocycles. The molecule has 1 unspecified atom stereocenters. The molecule has 0 fully saturated rings. The van der Waals surface area contributed by atoms with Gasteiger partial charge in [-0.2, -0.15) is 0 Å². The summed E-state index contributed by atoms with van der Waals surface area (Å²) in [4.78, 5) is 0. The van der Waals surface area contributed by atoms with Crippen LogP contribution in [0.5, 0.6) is 0 Å². The molecule has 0 bridgehead atoms. The zero-order valence-corrected chi connectivity index (χ0v) is 7.73. The first-order valence-corrected chi connectivity index (χ1v) is 3.93. The second-order valence-corrected chi connectivity index (χ2v) is 3.14. The van der Waals surface area contributed by atoms with Gasteiger partial charge in [-0.05, 0) is 26.8 Å². The Labute approximate surface area is 64.5 Å². The van der Waals surface area contributed by atoms with Crippen LogP contribution in [0.2, 0.25) is 0 Å². The van der Waals surface area contributed by atoms with Crippen LogP contribution in [0.25, 0.3) is 0 Å². The molecule has 60 valence electrons. The number of rotatable bonds is 3. The van der Waals surface area contributed by atoms with Gasteiger partial charge in [0.25, 0.3) is 0 Å². The van der Waals surface area contributed by atoms with E-state index in [1.165, 1.54) is 5.57 Å². The van der Waals surface area contributed by atoms with Crippen LogP contribution in [-0.4, -0.2) is 13.1 Å². The van der Waals surface area contributed by atoms with Crippen LogP contribution < -0.4 is 5.32 Å². The summed E-state index contributed by atoms with van der Waals surface area (Å²) >= 11 is 0. The third-order valence-electron chi connectivity index (χ3n) is 1.88. The molecule has 0 aromatic heterocycles. The second-order valence-electron chi connectivity index (χ2n) is 3.14. The zero-order valence-electron chi connectivity index (χ0n) is 7.73. The molecule has 0 spiro atoms. The molecule has 10 heavy (non-hydrogen) atoms. The van der Waals surface area contributed by atoms with E-state index >= 15 is 0 Å². The molecule has 1 N–H and O–H groups in total. The number of nitrogens with one attached hydrogen (secondary N) is 1. The normalized spacial score (nSPS) is 16.0. The number of allylic oxidation sites excluding steroid dienone is 1. The minimum atomic E-state index is 0.502. The van der Waals surface area contributed by atoms with E-state index in [9.17, 15) is 0 Å². The van der Waals surface area contributed by atoms with Gasteiger partial charge in [0.1, 0.15) is 0 Å². The Kier molecular flexibility index (Phi) is 4.37. The van der Waals surface area contributed by atoms with E-state index in [0.717, 1.165) is 0 Å². The van der Waals surface area contributed by atoms with Gasteiger partial charge in [-0.1, -0.05) is 25.5 Å². The molecule has 0 aliphatic rings. The highest BCUT2D eigenvalue weighted by Crippen LogP contribution is 2.08. The van der Waals surface area contributed by atoms with Crippen LogP contribution in [-0.2, 0) is 0 Å². The van der Waals surface area contributed by atoms with Crippen molar-refractivity contribution in [3.8, 4) is 0 Å². The lowest BCUT2D eigenvalue weighted by Gasteiger charge is -2.09. The standard InChI is InChI=1S/C9H19N/c1-7(2)8(3)6-9(4)10-5/h6-7,9-10H,1-5H3/b8-6-. The average molecular weight is 141 g/mol. The number of hydrogen-bond acceptors (Lipinski definition) is 1. The van der Waals surface area contributed by atoms with Crippen molar-refractivity contribution in [2.24, 2.45) is 5.92 Å². The first-order valence-electron chi connectivity index (χ1n) is 3.93. The molecule has 0 aromatic carbocycles. The maximum atomic E-state index is 3.17. The minimum Gasteiger partial charge on any atom is -0.314 e. The van der Waals surface area contributed by atoms with Crippen molar-refractivity contribution in [3.63, 3.8) is 0 Å². The Hall–Kier alpha value is -0.300. The highest BCUT2D eigenvalue weighted by Gasteiger charge is 1.97. The lowest BCUT2D eigenvalue weighted by Crippen LogP contribution is -2.19. The largest absolute Gasteiger partial charge is 0.314 e. The average Bonchev–Trinajstić information content (AvgIpc) is 1.87. The summed E-state index contributed by atoms with van der Waals surface area (Å²) in [6.45, 7) is 8.77. The highest BCUT2D eigenvalue weighted by molar-refractivity contribution is 5.04. The van der Waals surface area contributed by atoms with Crippen molar-refractivity contribution in [3.05, 3.63) is 11.6 Å². The lowest BCUT2D eigenvalue weighted by atomic mass is 10.0. The van der Waals surface area contributed by atoms with Crippen LogP contribution in [0.1, 0.15) is 27.7 Å². The summed E-state index contributed by atoms with van der Waals surface area (Å²) in [5, 5.41) is 3.17. The van der Waals surface area contributed by atoms with Gasteiger partial charge in [0.05, 0.1) is 0 Å². The quantitative estimate of drug-likeness (QED) is 0.594. The van der Waals surface area contributed by atoms with Gasteiger partial charge in [0.2, 0.25) is 0 Å². The Morgan fingerprint density at radius 3 is 2.10 bits per heavy atom. The fourth-order valence-electron chi connectivity index (χ4n) is 0.670. The molecule has 0 radical (unpaired) electrons. The van der Waals surface area contributed by atoms with Crippen LogP contribution in [0.15, 0.2) is 11.6 Å². The van der Waals surface area contributed by atoms with Crippen molar-refractivity contribution in [1.82, 2.24) is 5.32 Å². The molecule has 1 heteroatoms. The summed E-state index contributed by atoms with van der Waals surface area (Å²) in [6.07, 6.45) is 2.27. The summed E-state index contributed by atoms with van der Waals surface area (Å²) in [5.74, 6) is 0.677. The van der Waals surface area contributed by atoms with Crippen molar-refractivity contribution < 1.29 is 0 Å². The highest BCUT2D eigenvalue weighted by atomic mass is 14.8. The first kappa shape index (κ1) is 9.70.